The van der Waals surface area contributed by atoms with E-state index < -0.39 is 26.8 Å². The minimum Gasteiger partial charge on any atom is -0.344 e. The fraction of sp³-hybridized carbons (Fsp3) is 1.00. The lowest BCUT2D eigenvalue weighted by atomic mass is 10.4. The number of rotatable bonds is 4. The van der Waals surface area contributed by atoms with Gasteiger partial charge >= 0.3 is 7.82 Å². The van der Waals surface area contributed by atoms with Crippen molar-refractivity contribution >= 4 is 7.82 Å². The standard InChI is InChI=1S/C3H9O7P/c4-3(5,6)1-2-10-11(7,8)9/h4-6H,1-2H2,(H2,7,8,9). The molecule has 0 aromatic rings. The molecule has 0 aliphatic rings. The van der Waals surface area contributed by atoms with E-state index in [-0.39, 0.29) is 0 Å². The maximum atomic E-state index is 9.94. The van der Waals surface area contributed by atoms with Crippen molar-refractivity contribution in [3.8, 4) is 0 Å². The van der Waals surface area contributed by atoms with Crippen LogP contribution in [0, 0.1) is 0 Å². The summed E-state index contributed by atoms with van der Waals surface area (Å²) in [7, 11) is -4.59. The molecule has 0 rings (SSSR count). The Bertz CT molecular complexity index is 154. The van der Waals surface area contributed by atoms with Crippen LogP contribution in [0.25, 0.3) is 0 Å². The average molecular weight is 188 g/mol. The summed E-state index contributed by atoms with van der Waals surface area (Å²) >= 11 is 0. The molecule has 0 aliphatic heterocycles. The SMILES string of the molecule is O=P(O)(O)OCCC(O)(O)O. The van der Waals surface area contributed by atoms with Gasteiger partial charge in [0.2, 0.25) is 0 Å². The molecule has 0 atom stereocenters. The largest absolute Gasteiger partial charge is 0.469 e. The predicted octanol–water partition coefficient (Wildman–Crippen LogP) is -1.88. The third-order valence-electron chi connectivity index (χ3n) is 0.697. The molecule has 0 aromatic heterocycles. The maximum absolute atomic E-state index is 9.94. The Kier molecular flexibility index (Phi) is 3.59. The van der Waals surface area contributed by atoms with Crippen molar-refractivity contribution in [2.45, 2.75) is 12.4 Å². The summed E-state index contributed by atoms with van der Waals surface area (Å²) in [5.41, 5.74) is 0. The van der Waals surface area contributed by atoms with Crippen LogP contribution in [0.3, 0.4) is 0 Å². The van der Waals surface area contributed by atoms with E-state index in [4.69, 9.17) is 25.1 Å². The lowest BCUT2D eigenvalue weighted by Gasteiger charge is -2.13. The molecule has 0 bridgehead atoms. The minimum atomic E-state index is -4.59. The van der Waals surface area contributed by atoms with Crippen molar-refractivity contribution in [3.05, 3.63) is 0 Å². The van der Waals surface area contributed by atoms with Gasteiger partial charge in [0.25, 0.3) is 5.97 Å². The summed E-state index contributed by atoms with van der Waals surface area (Å²) in [4.78, 5) is 16.1. The second kappa shape index (κ2) is 3.59. The maximum Gasteiger partial charge on any atom is 0.469 e. The van der Waals surface area contributed by atoms with Crippen LogP contribution in [-0.4, -0.2) is 37.7 Å². The Morgan fingerprint density at radius 1 is 1.27 bits per heavy atom. The third-order valence-corrected chi connectivity index (χ3v) is 1.22. The molecule has 0 saturated heterocycles. The molecule has 8 heteroatoms. The molecule has 5 N–H and O–H groups in total. The first-order chi connectivity index (χ1) is 4.71. The molecule has 0 radical (unpaired) electrons. The third kappa shape index (κ3) is 9.99. The summed E-state index contributed by atoms with van der Waals surface area (Å²) in [6.45, 7) is -0.645. The van der Waals surface area contributed by atoms with E-state index in [1.165, 1.54) is 0 Å². The van der Waals surface area contributed by atoms with Gasteiger partial charge in [0.05, 0.1) is 13.0 Å². The van der Waals surface area contributed by atoms with E-state index in [9.17, 15) is 4.57 Å². The minimum absolute atomic E-state index is 0.645. The summed E-state index contributed by atoms with van der Waals surface area (Å²) in [5.74, 6) is -2.95. The normalized spacial score (nSPS) is 13.5. The fourth-order valence-electron chi connectivity index (χ4n) is 0.301. The smallest absolute Gasteiger partial charge is 0.344 e. The Balaban J connectivity index is 3.52. The van der Waals surface area contributed by atoms with Crippen LogP contribution < -0.4 is 0 Å². The van der Waals surface area contributed by atoms with Gasteiger partial charge in [0.1, 0.15) is 0 Å². The van der Waals surface area contributed by atoms with Crippen LogP contribution in [0.5, 0.6) is 0 Å². The van der Waals surface area contributed by atoms with Gasteiger partial charge in [-0.05, 0) is 0 Å². The van der Waals surface area contributed by atoms with Crippen molar-refractivity contribution < 1.29 is 34.2 Å². The zero-order valence-corrected chi connectivity index (χ0v) is 6.31. The van der Waals surface area contributed by atoms with Crippen LogP contribution in [0.15, 0.2) is 0 Å². The first-order valence-electron chi connectivity index (χ1n) is 2.58. The van der Waals surface area contributed by atoms with Crippen molar-refractivity contribution in [3.63, 3.8) is 0 Å². The topological polar surface area (TPSA) is 127 Å². The Labute approximate surface area is 62.1 Å². The van der Waals surface area contributed by atoms with Gasteiger partial charge in [-0.15, -0.1) is 0 Å². The van der Waals surface area contributed by atoms with Crippen molar-refractivity contribution in [1.82, 2.24) is 0 Å². The zero-order valence-electron chi connectivity index (χ0n) is 5.41. The van der Waals surface area contributed by atoms with Gasteiger partial charge in [-0.25, -0.2) is 4.57 Å². The first-order valence-corrected chi connectivity index (χ1v) is 4.11. The molecule has 0 amide bonds. The Morgan fingerprint density at radius 3 is 2.00 bits per heavy atom. The average Bonchev–Trinajstić information content (AvgIpc) is 1.55. The van der Waals surface area contributed by atoms with Crippen molar-refractivity contribution in [1.29, 1.82) is 0 Å². The molecule has 7 nitrogen and oxygen atoms in total. The first kappa shape index (κ1) is 11.0. The fourth-order valence-corrected chi connectivity index (χ4v) is 0.631. The highest BCUT2D eigenvalue weighted by molar-refractivity contribution is 7.46. The van der Waals surface area contributed by atoms with E-state index in [0.29, 0.717) is 0 Å². The van der Waals surface area contributed by atoms with Gasteiger partial charge < -0.3 is 25.1 Å². The lowest BCUT2D eigenvalue weighted by molar-refractivity contribution is -0.316. The molecule has 0 aliphatic carbocycles. The molecule has 0 spiro atoms. The quantitative estimate of drug-likeness (QED) is 0.258. The van der Waals surface area contributed by atoms with Gasteiger partial charge in [0.15, 0.2) is 0 Å². The van der Waals surface area contributed by atoms with E-state index in [1.807, 2.05) is 0 Å². The van der Waals surface area contributed by atoms with Crippen LogP contribution in [0.1, 0.15) is 6.42 Å². The predicted molar refractivity (Wildman–Crippen MR) is 32.0 cm³/mol. The molecule has 0 heterocycles. The second-order valence-corrected chi connectivity index (χ2v) is 3.09. The molecular weight excluding hydrogens is 179 g/mol. The number of hydrogen-bond acceptors (Lipinski definition) is 5. The molecule has 11 heavy (non-hydrogen) atoms. The number of aliphatic hydroxyl groups is 3. The van der Waals surface area contributed by atoms with E-state index >= 15 is 0 Å². The van der Waals surface area contributed by atoms with Gasteiger partial charge in [-0.1, -0.05) is 0 Å². The van der Waals surface area contributed by atoms with E-state index in [2.05, 4.69) is 4.52 Å². The highest BCUT2D eigenvalue weighted by Gasteiger charge is 2.21. The summed E-state index contributed by atoms with van der Waals surface area (Å²) < 4.78 is 13.7. The van der Waals surface area contributed by atoms with E-state index in [1.54, 1.807) is 0 Å². The highest BCUT2D eigenvalue weighted by atomic mass is 31.2. The molecule has 0 saturated carbocycles. The molecule has 68 valence electrons. The number of phosphoric acid groups is 1. The van der Waals surface area contributed by atoms with Gasteiger partial charge in [-0.2, -0.15) is 0 Å². The monoisotopic (exact) mass is 188 g/mol. The van der Waals surface area contributed by atoms with Gasteiger partial charge in [0, 0.05) is 0 Å². The summed E-state index contributed by atoms with van der Waals surface area (Å²) in [6, 6.07) is 0. The van der Waals surface area contributed by atoms with Crippen molar-refractivity contribution in [2.75, 3.05) is 6.61 Å². The molecule has 0 unspecified atom stereocenters. The highest BCUT2D eigenvalue weighted by Crippen LogP contribution is 2.35. The Morgan fingerprint density at radius 2 is 1.73 bits per heavy atom. The van der Waals surface area contributed by atoms with Gasteiger partial charge in [-0.3, -0.25) is 4.52 Å². The van der Waals surface area contributed by atoms with Crippen molar-refractivity contribution in [2.24, 2.45) is 0 Å². The van der Waals surface area contributed by atoms with E-state index in [0.717, 1.165) is 0 Å². The summed E-state index contributed by atoms with van der Waals surface area (Å²) in [5, 5.41) is 24.6. The van der Waals surface area contributed by atoms with Crippen LogP contribution in [0.2, 0.25) is 0 Å². The molecule has 0 aromatic carbocycles. The number of hydrogen-bond donors (Lipinski definition) is 5. The zero-order chi connectivity index (χ0) is 9.12. The molecule has 0 fully saturated rings. The number of phosphoric ester groups is 1. The summed E-state index contributed by atoms with van der Waals surface area (Å²) in [6.07, 6.45) is -0.696. The lowest BCUT2D eigenvalue weighted by Crippen LogP contribution is -2.28. The molecular formula is C3H9O7P. The Hall–Kier alpha value is -0.0100. The second-order valence-electron chi connectivity index (χ2n) is 1.85. The van der Waals surface area contributed by atoms with Crippen LogP contribution >= 0.6 is 7.82 Å². The van der Waals surface area contributed by atoms with Crippen LogP contribution in [0.4, 0.5) is 0 Å². The van der Waals surface area contributed by atoms with Crippen LogP contribution in [-0.2, 0) is 9.09 Å².